The minimum atomic E-state index is -0.00396. The molecule has 0 aliphatic carbocycles. The summed E-state index contributed by atoms with van der Waals surface area (Å²) in [6.07, 6.45) is 7.49. The molecular formula is C22H37N3O2. The summed E-state index contributed by atoms with van der Waals surface area (Å²) in [7, 11) is 3.84. The van der Waals surface area contributed by atoms with Crippen molar-refractivity contribution >= 4 is 23.2 Å². The summed E-state index contributed by atoms with van der Waals surface area (Å²) < 4.78 is 0. The molecule has 0 bridgehead atoms. The molecule has 2 amide bonds. The van der Waals surface area contributed by atoms with Gasteiger partial charge in [0.2, 0.25) is 5.91 Å². The summed E-state index contributed by atoms with van der Waals surface area (Å²) in [5.74, 6) is 0.0139. The van der Waals surface area contributed by atoms with Gasteiger partial charge in [0.15, 0.2) is 0 Å². The molecule has 0 saturated carbocycles. The summed E-state index contributed by atoms with van der Waals surface area (Å²) in [6.45, 7) is 7.48. The van der Waals surface area contributed by atoms with Crippen LogP contribution in [0.1, 0.15) is 76.1 Å². The molecule has 0 unspecified atom stereocenters. The molecule has 1 aromatic carbocycles. The van der Waals surface area contributed by atoms with Gasteiger partial charge in [0, 0.05) is 45.0 Å². The summed E-state index contributed by atoms with van der Waals surface area (Å²) in [5, 5.41) is 2.95. The Labute approximate surface area is 165 Å². The maximum Gasteiger partial charge on any atom is 0.256 e. The molecule has 0 saturated heterocycles. The molecule has 0 atom stereocenters. The van der Waals surface area contributed by atoms with Gasteiger partial charge in [0.1, 0.15) is 0 Å². The molecule has 0 radical (unpaired) electrons. The first kappa shape index (κ1) is 23.0. The zero-order chi connectivity index (χ0) is 20.2. The van der Waals surface area contributed by atoms with E-state index < -0.39 is 0 Å². The number of hydrogen-bond donors (Lipinski definition) is 1. The van der Waals surface area contributed by atoms with Crippen molar-refractivity contribution < 1.29 is 9.59 Å². The Kier molecular flexibility index (Phi) is 10.5. The van der Waals surface area contributed by atoms with E-state index in [-0.39, 0.29) is 11.8 Å². The third-order valence-corrected chi connectivity index (χ3v) is 4.80. The van der Waals surface area contributed by atoms with Crippen LogP contribution in [0.3, 0.4) is 0 Å². The van der Waals surface area contributed by atoms with Crippen molar-refractivity contribution in [1.82, 2.24) is 4.90 Å². The van der Waals surface area contributed by atoms with Crippen LogP contribution in [0.4, 0.5) is 11.4 Å². The summed E-state index contributed by atoms with van der Waals surface area (Å²) in [6, 6.07) is 5.57. The molecule has 0 spiro atoms. The number of benzene rings is 1. The van der Waals surface area contributed by atoms with Crippen LogP contribution in [-0.2, 0) is 4.79 Å². The van der Waals surface area contributed by atoms with Gasteiger partial charge in [0.05, 0.1) is 5.56 Å². The van der Waals surface area contributed by atoms with E-state index in [0.29, 0.717) is 30.8 Å². The molecule has 5 heteroatoms. The topological polar surface area (TPSA) is 52.7 Å². The fraction of sp³-hybridized carbons (Fsp3) is 0.636. The van der Waals surface area contributed by atoms with Gasteiger partial charge >= 0.3 is 0 Å². The van der Waals surface area contributed by atoms with E-state index in [2.05, 4.69) is 12.2 Å². The van der Waals surface area contributed by atoms with Gasteiger partial charge in [-0.25, -0.2) is 0 Å². The Morgan fingerprint density at radius 3 is 2.15 bits per heavy atom. The molecule has 1 N–H and O–H groups in total. The van der Waals surface area contributed by atoms with Crippen molar-refractivity contribution in [3.05, 3.63) is 23.8 Å². The molecule has 0 aromatic heterocycles. The second kappa shape index (κ2) is 12.4. The summed E-state index contributed by atoms with van der Waals surface area (Å²) >= 11 is 0. The SMILES string of the molecule is CCCCCCCCC(=O)Nc1ccc(N(C)C)c(C(=O)N(CC)CC)c1. The van der Waals surface area contributed by atoms with Gasteiger partial charge < -0.3 is 15.1 Å². The average molecular weight is 376 g/mol. The Hall–Kier alpha value is -2.04. The molecule has 1 rings (SSSR count). The number of nitrogens with zero attached hydrogens (tertiary/aromatic N) is 2. The predicted molar refractivity (Wildman–Crippen MR) is 115 cm³/mol. The van der Waals surface area contributed by atoms with Crippen LogP contribution >= 0.6 is 0 Å². The molecular weight excluding hydrogens is 338 g/mol. The monoisotopic (exact) mass is 375 g/mol. The van der Waals surface area contributed by atoms with Crippen molar-refractivity contribution in [3.8, 4) is 0 Å². The predicted octanol–water partition coefficient (Wildman–Crippen LogP) is 4.92. The largest absolute Gasteiger partial charge is 0.377 e. The van der Waals surface area contributed by atoms with Crippen molar-refractivity contribution in [3.63, 3.8) is 0 Å². The fourth-order valence-corrected chi connectivity index (χ4v) is 3.15. The smallest absolute Gasteiger partial charge is 0.256 e. The van der Waals surface area contributed by atoms with Crippen molar-refractivity contribution in [2.75, 3.05) is 37.4 Å². The number of anilines is 2. The summed E-state index contributed by atoms with van der Waals surface area (Å²) in [4.78, 5) is 28.8. The van der Waals surface area contributed by atoms with E-state index in [9.17, 15) is 9.59 Å². The van der Waals surface area contributed by atoms with E-state index >= 15 is 0 Å². The van der Waals surface area contributed by atoms with Crippen LogP contribution in [0.15, 0.2) is 18.2 Å². The van der Waals surface area contributed by atoms with Crippen LogP contribution in [0.5, 0.6) is 0 Å². The Balaban J connectivity index is 2.75. The molecule has 27 heavy (non-hydrogen) atoms. The molecule has 0 heterocycles. The standard InChI is InChI=1S/C22H37N3O2/c1-6-9-10-11-12-13-14-21(26)23-18-15-16-20(24(4)5)19(17-18)22(27)25(7-2)8-3/h15-17H,6-14H2,1-5H3,(H,23,26). The lowest BCUT2D eigenvalue weighted by molar-refractivity contribution is -0.116. The van der Waals surface area contributed by atoms with Gasteiger partial charge in [0.25, 0.3) is 5.91 Å². The van der Waals surface area contributed by atoms with Gasteiger partial charge in [-0.15, -0.1) is 0 Å². The van der Waals surface area contributed by atoms with Gasteiger partial charge in [-0.3, -0.25) is 9.59 Å². The first-order valence-electron chi connectivity index (χ1n) is 10.3. The Morgan fingerprint density at radius 2 is 1.56 bits per heavy atom. The normalized spacial score (nSPS) is 10.6. The second-order valence-electron chi connectivity index (χ2n) is 7.17. The maximum absolute atomic E-state index is 12.9. The average Bonchev–Trinajstić information content (AvgIpc) is 2.65. The molecule has 0 aliphatic heterocycles. The first-order valence-corrected chi connectivity index (χ1v) is 10.3. The van der Waals surface area contributed by atoms with Crippen molar-refractivity contribution in [2.45, 2.75) is 65.7 Å². The number of carbonyl (C=O) groups is 2. The number of rotatable bonds is 12. The number of unbranched alkanes of at least 4 members (excludes halogenated alkanes) is 5. The zero-order valence-corrected chi connectivity index (χ0v) is 17.8. The highest BCUT2D eigenvalue weighted by Gasteiger charge is 2.18. The van der Waals surface area contributed by atoms with Gasteiger partial charge in [-0.05, 0) is 38.5 Å². The number of amides is 2. The van der Waals surface area contributed by atoms with Crippen molar-refractivity contribution in [2.24, 2.45) is 0 Å². The van der Waals surface area contributed by atoms with Crippen LogP contribution in [-0.4, -0.2) is 43.9 Å². The number of carbonyl (C=O) groups excluding carboxylic acids is 2. The van der Waals surface area contributed by atoms with E-state index in [0.717, 1.165) is 18.5 Å². The number of hydrogen-bond acceptors (Lipinski definition) is 3. The molecule has 152 valence electrons. The molecule has 5 nitrogen and oxygen atoms in total. The van der Waals surface area contributed by atoms with E-state index in [4.69, 9.17) is 0 Å². The quantitative estimate of drug-likeness (QED) is 0.527. The first-order chi connectivity index (χ1) is 12.9. The second-order valence-corrected chi connectivity index (χ2v) is 7.17. The Bertz CT molecular complexity index is 595. The number of nitrogens with one attached hydrogen (secondary N) is 1. The van der Waals surface area contributed by atoms with Crippen LogP contribution in [0.25, 0.3) is 0 Å². The van der Waals surface area contributed by atoms with E-state index in [1.807, 2.05) is 45.0 Å². The lowest BCUT2D eigenvalue weighted by Gasteiger charge is -2.23. The maximum atomic E-state index is 12.9. The summed E-state index contributed by atoms with van der Waals surface area (Å²) in [5.41, 5.74) is 2.17. The van der Waals surface area contributed by atoms with Crippen LogP contribution in [0.2, 0.25) is 0 Å². The highest BCUT2D eigenvalue weighted by molar-refractivity contribution is 6.02. The lowest BCUT2D eigenvalue weighted by atomic mass is 10.1. The van der Waals surface area contributed by atoms with Crippen LogP contribution in [0, 0.1) is 0 Å². The molecule has 1 aromatic rings. The van der Waals surface area contributed by atoms with E-state index in [1.54, 1.807) is 11.0 Å². The van der Waals surface area contributed by atoms with Gasteiger partial charge in [-0.2, -0.15) is 0 Å². The zero-order valence-electron chi connectivity index (χ0n) is 17.8. The third kappa shape index (κ3) is 7.61. The Morgan fingerprint density at radius 1 is 0.926 bits per heavy atom. The molecule has 0 aliphatic rings. The van der Waals surface area contributed by atoms with Crippen LogP contribution < -0.4 is 10.2 Å². The van der Waals surface area contributed by atoms with Crippen molar-refractivity contribution in [1.29, 1.82) is 0 Å². The van der Waals surface area contributed by atoms with Gasteiger partial charge in [-0.1, -0.05) is 39.0 Å². The third-order valence-electron chi connectivity index (χ3n) is 4.80. The fourth-order valence-electron chi connectivity index (χ4n) is 3.15. The highest BCUT2D eigenvalue weighted by Crippen LogP contribution is 2.25. The molecule has 0 fully saturated rings. The lowest BCUT2D eigenvalue weighted by Crippen LogP contribution is -2.31. The van der Waals surface area contributed by atoms with E-state index in [1.165, 1.54) is 25.7 Å². The highest BCUT2D eigenvalue weighted by atomic mass is 16.2. The minimum absolute atomic E-state index is 0.00396. The minimum Gasteiger partial charge on any atom is -0.377 e.